The first-order valence-electron chi connectivity index (χ1n) is 5.53. The number of carbonyl (C=O) groups excluding carboxylic acids is 2. The number of carbonyl (C=O) groups is 3. The van der Waals surface area contributed by atoms with Crippen molar-refractivity contribution in [3.05, 3.63) is 23.8 Å². The average Bonchev–Trinajstić information content (AvgIpc) is 2.37. The van der Waals surface area contributed by atoms with Crippen LogP contribution in [0.2, 0.25) is 0 Å². The second kappa shape index (κ2) is 6.41. The van der Waals surface area contributed by atoms with Crippen LogP contribution in [0.3, 0.4) is 0 Å². The standard InChI is InChI=1S/C12H14N2O6/c1-6(10(15)14-12(13)18)20-9-5-7(11(16)17)3-4-8(9)19-2/h3-6H,1-2H3,(H,16,17)(H3,13,14,15,18). The van der Waals surface area contributed by atoms with Crippen molar-refractivity contribution in [2.24, 2.45) is 5.73 Å². The smallest absolute Gasteiger partial charge is 0.335 e. The van der Waals surface area contributed by atoms with E-state index in [1.54, 1.807) is 0 Å². The third-order valence-electron chi connectivity index (χ3n) is 2.33. The summed E-state index contributed by atoms with van der Waals surface area (Å²) < 4.78 is 10.3. The summed E-state index contributed by atoms with van der Waals surface area (Å²) in [6.07, 6.45) is -1.06. The molecule has 4 N–H and O–H groups in total. The summed E-state index contributed by atoms with van der Waals surface area (Å²) in [6, 6.07) is 2.95. The normalized spacial score (nSPS) is 11.3. The van der Waals surface area contributed by atoms with Crippen molar-refractivity contribution in [2.45, 2.75) is 13.0 Å². The van der Waals surface area contributed by atoms with E-state index in [1.165, 1.54) is 32.2 Å². The Bertz CT molecular complexity index is 543. The molecule has 108 valence electrons. The van der Waals surface area contributed by atoms with Crippen molar-refractivity contribution in [3.63, 3.8) is 0 Å². The number of rotatable bonds is 5. The molecule has 0 fully saturated rings. The SMILES string of the molecule is COc1ccc(C(=O)O)cc1OC(C)C(=O)NC(N)=O. The molecule has 1 unspecified atom stereocenters. The van der Waals surface area contributed by atoms with Crippen LogP contribution in [0.15, 0.2) is 18.2 Å². The van der Waals surface area contributed by atoms with E-state index >= 15 is 0 Å². The molecule has 0 bridgehead atoms. The highest BCUT2D eigenvalue weighted by atomic mass is 16.5. The van der Waals surface area contributed by atoms with Gasteiger partial charge in [-0.3, -0.25) is 10.1 Å². The number of benzene rings is 1. The number of nitrogens with two attached hydrogens (primary N) is 1. The van der Waals surface area contributed by atoms with E-state index in [1.807, 2.05) is 5.32 Å². The summed E-state index contributed by atoms with van der Waals surface area (Å²) in [5.74, 6) is -1.57. The van der Waals surface area contributed by atoms with E-state index in [0.717, 1.165) is 0 Å². The number of imide groups is 1. The van der Waals surface area contributed by atoms with Gasteiger partial charge in [-0.15, -0.1) is 0 Å². The predicted octanol–water partition coefficient (Wildman–Crippen LogP) is 0.356. The fourth-order valence-corrected chi connectivity index (χ4v) is 1.37. The third-order valence-corrected chi connectivity index (χ3v) is 2.33. The van der Waals surface area contributed by atoms with E-state index in [2.05, 4.69) is 0 Å². The molecular weight excluding hydrogens is 268 g/mol. The maximum Gasteiger partial charge on any atom is 0.335 e. The number of ether oxygens (including phenoxy) is 2. The average molecular weight is 282 g/mol. The summed E-state index contributed by atoms with van der Waals surface area (Å²) >= 11 is 0. The summed E-state index contributed by atoms with van der Waals surface area (Å²) in [4.78, 5) is 32.9. The van der Waals surface area contributed by atoms with Gasteiger partial charge in [0.2, 0.25) is 0 Å². The number of carboxylic acids is 1. The highest BCUT2D eigenvalue weighted by molar-refractivity contribution is 5.95. The van der Waals surface area contributed by atoms with Gasteiger partial charge in [-0.1, -0.05) is 0 Å². The van der Waals surface area contributed by atoms with E-state index < -0.39 is 24.0 Å². The molecule has 0 saturated carbocycles. The maximum absolute atomic E-state index is 11.5. The molecule has 3 amide bonds. The number of hydrogen-bond acceptors (Lipinski definition) is 5. The Hall–Kier alpha value is -2.77. The Morgan fingerprint density at radius 3 is 2.45 bits per heavy atom. The van der Waals surface area contributed by atoms with Crippen LogP contribution < -0.4 is 20.5 Å². The van der Waals surface area contributed by atoms with Gasteiger partial charge >= 0.3 is 12.0 Å². The largest absolute Gasteiger partial charge is 0.493 e. The Kier molecular flexibility index (Phi) is 4.90. The number of hydrogen-bond donors (Lipinski definition) is 3. The van der Waals surface area contributed by atoms with Gasteiger partial charge in [0.25, 0.3) is 5.91 Å². The Labute approximate surface area is 114 Å². The number of urea groups is 1. The van der Waals surface area contributed by atoms with Gasteiger partial charge < -0.3 is 20.3 Å². The molecule has 20 heavy (non-hydrogen) atoms. The Morgan fingerprint density at radius 2 is 1.95 bits per heavy atom. The van der Waals surface area contributed by atoms with Gasteiger partial charge in [-0.2, -0.15) is 0 Å². The summed E-state index contributed by atoms with van der Waals surface area (Å²) in [7, 11) is 1.37. The van der Waals surface area contributed by atoms with Gasteiger partial charge in [-0.05, 0) is 25.1 Å². The van der Waals surface area contributed by atoms with Crippen molar-refractivity contribution >= 4 is 17.9 Å². The molecule has 8 nitrogen and oxygen atoms in total. The zero-order valence-corrected chi connectivity index (χ0v) is 10.9. The van der Waals surface area contributed by atoms with Crippen LogP contribution in [-0.2, 0) is 4.79 Å². The van der Waals surface area contributed by atoms with Crippen molar-refractivity contribution in [3.8, 4) is 11.5 Å². The highest BCUT2D eigenvalue weighted by Crippen LogP contribution is 2.29. The first kappa shape index (κ1) is 15.3. The van der Waals surface area contributed by atoms with Crippen LogP contribution >= 0.6 is 0 Å². The van der Waals surface area contributed by atoms with Crippen molar-refractivity contribution in [1.82, 2.24) is 5.32 Å². The lowest BCUT2D eigenvalue weighted by Gasteiger charge is -2.16. The van der Waals surface area contributed by atoms with E-state index in [4.69, 9.17) is 20.3 Å². The van der Waals surface area contributed by atoms with Crippen LogP contribution in [-0.4, -0.2) is 36.2 Å². The number of aromatic carboxylic acids is 1. The summed E-state index contributed by atoms with van der Waals surface area (Å²) in [5, 5.41) is 10.8. The fourth-order valence-electron chi connectivity index (χ4n) is 1.37. The van der Waals surface area contributed by atoms with E-state index in [-0.39, 0.29) is 17.1 Å². The van der Waals surface area contributed by atoms with Crippen molar-refractivity contribution < 1.29 is 29.0 Å². The Balaban J connectivity index is 2.94. The number of nitrogens with one attached hydrogen (secondary N) is 1. The highest BCUT2D eigenvalue weighted by Gasteiger charge is 2.19. The number of primary amides is 1. The van der Waals surface area contributed by atoms with Crippen molar-refractivity contribution in [1.29, 1.82) is 0 Å². The molecule has 0 spiro atoms. The monoisotopic (exact) mass is 282 g/mol. The number of methoxy groups -OCH3 is 1. The third kappa shape index (κ3) is 3.87. The molecule has 1 atom stereocenters. The minimum absolute atomic E-state index is 0.0247. The summed E-state index contributed by atoms with van der Waals surface area (Å²) in [6.45, 7) is 1.38. The molecule has 1 aromatic rings. The lowest BCUT2D eigenvalue weighted by Crippen LogP contribution is -2.42. The van der Waals surface area contributed by atoms with Gasteiger partial charge in [0.05, 0.1) is 12.7 Å². The molecular formula is C12H14N2O6. The molecule has 0 aliphatic heterocycles. The van der Waals surface area contributed by atoms with Gasteiger partial charge in [0, 0.05) is 0 Å². The van der Waals surface area contributed by atoms with Crippen LogP contribution in [0.4, 0.5) is 4.79 Å². The lowest BCUT2D eigenvalue weighted by molar-refractivity contribution is -0.126. The number of carboxylic acid groups (broad SMARTS) is 1. The topological polar surface area (TPSA) is 128 Å². The fraction of sp³-hybridized carbons (Fsp3) is 0.250. The van der Waals surface area contributed by atoms with E-state index in [0.29, 0.717) is 0 Å². The van der Waals surface area contributed by atoms with Crippen LogP contribution in [0.5, 0.6) is 11.5 Å². The summed E-state index contributed by atoms with van der Waals surface area (Å²) in [5.41, 5.74) is 4.79. The predicted molar refractivity (Wildman–Crippen MR) is 67.8 cm³/mol. The first-order chi connectivity index (χ1) is 9.35. The molecule has 1 rings (SSSR count). The van der Waals surface area contributed by atoms with Gasteiger partial charge in [0.15, 0.2) is 17.6 Å². The minimum atomic E-state index is -1.15. The van der Waals surface area contributed by atoms with Crippen LogP contribution in [0.25, 0.3) is 0 Å². The molecule has 0 radical (unpaired) electrons. The van der Waals surface area contributed by atoms with Crippen LogP contribution in [0.1, 0.15) is 17.3 Å². The molecule has 0 saturated heterocycles. The molecule has 0 aromatic heterocycles. The van der Waals surface area contributed by atoms with Gasteiger partial charge in [0.1, 0.15) is 0 Å². The Morgan fingerprint density at radius 1 is 1.30 bits per heavy atom. The lowest BCUT2D eigenvalue weighted by atomic mass is 10.2. The quantitative estimate of drug-likeness (QED) is 0.715. The molecule has 0 aliphatic carbocycles. The minimum Gasteiger partial charge on any atom is -0.493 e. The second-order valence-corrected chi connectivity index (χ2v) is 3.78. The molecule has 8 heteroatoms. The second-order valence-electron chi connectivity index (χ2n) is 3.78. The van der Waals surface area contributed by atoms with Crippen LogP contribution in [0, 0.1) is 0 Å². The zero-order valence-electron chi connectivity index (χ0n) is 10.9. The zero-order chi connectivity index (χ0) is 15.3. The molecule has 0 aliphatic rings. The molecule has 1 aromatic carbocycles. The molecule has 0 heterocycles. The first-order valence-corrected chi connectivity index (χ1v) is 5.53. The van der Waals surface area contributed by atoms with Crippen molar-refractivity contribution in [2.75, 3.05) is 7.11 Å². The number of amides is 3. The van der Waals surface area contributed by atoms with E-state index in [9.17, 15) is 14.4 Å². The maximum atomic E-state index is 11.5. The van der Waals surface area contributed by atoms with Gasteiger partial charge in [-0.25, -0.2) is 9.59 Å².